The zero-order valence-electron chi connectivity index (χ0n) is 7.10. The average Bonchev–Trinajstić information content (AvgIpc) is 2.01. The number of piperidine rings is 1. The van der Waals surface area contributed by atoms with Crippen LogP contribution in [0.4, 0.5) is 0 Å². The highest BCUT2D eigenvalue weighted by atomic mass is 32.2. The van der Waals surface area contributed by atoms with Gasteiger partial charge in [-0.05, 0) is 25.6 Å². The van der Waals surface area contributed by atoms with Crippen molar-refractivity contribution in [3.63, 3.8) is 0 Å². The van der Waals surface area contributed by atoms with Crippen molar-refractivity contribution >= 4 is 11.9 Å². The average molecular weight is 172 g/mol. The molecule has 11 heavy (non-hydrogen) atoms. The molecule has 2 saturated heterocycles. The summed E-state index contributed by atoms with van der Waals surface area (Å²) in [7, 11) is 0. The van der Waals surface area contributed by atoms with Gasteiger partial charge in [-0.3, -0.25) is 0 Å². The molecule has 0 saturated carbocycles. The van der Waals surface area contributed by atoms with Crippen LogP contribution in [0.15, 0.2) is 0 Å². The number of nitrogens with zero attached hydrogens (tertiary/aromatic N) is 1. The Hall–Kier alpha value is 0.270. The van der Waals surface area contributed by atoms with Crippen molar-refractivity contribution < 1.29 is 0 Å². The minimum absolute atomic E-state index is 0.529. The van der Waals surface area contributed by atoms with Crippen molar-refractivity contribution in [2.24, 2.45) is 0 Å². The van der Waals surface area contributed by atoms with E-state index in [1.54, 1.807) is 0 Å². The number of nitrogens with one attached hydrogen (secondary N) is 1. The second kappa shape index (κ2) is 2.96. The summed E-state index contributed by atoms with van der Waals surface area (Å²) in [4.78, 5) is 0. The van der Waals surface area contributed by atoms with Gasteiger partial charge < -0.3 is 5.32 Å². The van der Waals surface area contributed by atoms with E-state index in [0.717, 1.165) is 0 Å². The van der Waals surface area contributed by atoms with E-state index in [4.69, 9.17) is 0 Å². The highest BCUT2D eigenvalue weighted by molar-refractivity contribution is 7.96. The molecular weight excluding hydrogens is 156 g/mol. The lowest BCUT2D eigenvalue weighted by Crippen LogP contribution is -2.68. The molecule has 0 atom stereocenters. The van der Waals surface area contributed by atoms with Crippen molar-refractivity contribution in [1.29, 1.82) is 0 Å². The summed E-state index contributed by atoms with van der Waals surface area (Å²) < 4.78 is 2.43. The number of hydrogen-bond acceptors (Lipinski definition) is 3. The molecule has 0 radical (unpaired) electrons. The predicted molar refractivity (Wildman–Crippen MR) is 49.7 cm³/mol. The first-order chi connectivity index (χ1) is 5.35. The van der Waals surface area contributed by atoms with Crippen molar-refractivity contribution in [1.82, 2.24) is 9.62 Å². The van der Waals surface area contributed by atoms with Crippen LogP contribution >= 0.6 is 11.9 Å². The molecule has 0 aromatic rings. The van der Waals surface area contributed by atoms with Crippen molar-refractivity contribution in [2.45, 2.75) is 24.8 Å². The topological polar surface area (TPSA) is 15.3 Å². The summed E-state index contributed by atoms with van der Waals surface area (Å²) in [5, 5.41) is 3.64. The molecule has 64 valence electrons. The molecule has 0 aromatic heterocycles. The van der Waals surface area contributed by atoms with Crippen LogP contribution in [-0.4, -0.2) is 35.7 Å². The van der Waals surface area contributed by atoms with E-state index >= 15 is 0 Å². The molecule has 0 aromatic carbocycles. The fraction of sp³-hybridized carbons (Fsp3) is 1.00. The molecule has 2 heterocycles. The summed E-state index contributed by atoms with van der Waals surface area (Å²) >= 11 is 1.87. The summed E-state index contributed by atoms with van der Waals surface area (Å²) in [5.41, 5.74) is 0.529. The van der Waals surface area contributed by atoms with Gasteiger partial charge in [0.25, 0.3) is 0 Å². The van der Waals surface area contributed by atoms with Crippen LogP contribution in [0.25, 0.3) is 0 Å². The highest BCUT2D eigenvalue weighted by Gasteiger charge is 2.42. The van der Waals surface area contributed by atoms with Crippen LogP contribution in [0, 0.1) is 0 Å². The van der Waals surface area contributed by atoms with E-state index in [9.17, 15) is 0 Å². The number of rotatable bonds is 1. The molecule has 0 bridgehead atoms. The van der Waals surface area contributed by atoms with Gasteiger partial charge >= 0.3 is 0 Å². The Bertz CT molecular complexity index is 135. The highest BCUT2D eigenvalue weighted by Crippen LogP contribution is 2.32. The van der Waals surface area contributed by atoms with Crippen LogP contribution < -0.4 is 5.32 Å². The van der Waals surface area contributed by atoms with Crippen LogP contribution in [0.1, 0.15) is 19.3 Å². The quantitative estimate of drug-likeness (QED) is 0.596. The molecular formula is C8H16N2S. The molecule has 2 aliphatic rings. The summed E-state index contributed by atoms with van der Waals surface area (Å²) in [6.07, 6.45) is 6.36. The Balaban J connectivity index is 1.84. The van der Waals surface area contributed by atoms with Gasteiger partial charge in [-0.1, -0.05) is 18.4 Å². The van der Waals surface area contributed by atoms with E-state index in [1.165, 1.54) is 38.9 Å². The Labute approximate surface area is 72.9 Å². The maximum Gasteiger partial charge on any atom is 0.0456 e. The Morgan fingerprint density at radius 2 is 2.18 bits per heavy atom. The summed E-state index contributed by atoms with van der Waals surface area (Å²) in [6.45, 7) is 3.75. The van der Waals surface area contributed by atoms with Crippen LogP contribution in [0.2, 0.25) is 0 Å². The molecule has 2 nitrogen and oxygen atoms in total. The smallest absolute Gasteiger partial charge is 0.0456 e. The van der Waals surface area contributed by atoms with Gasteiger partial charge in [-0.2, -0.15) is 0 Å². The first kappa shape index (κ1) is 7.90. The van der Waals surface area contributed by atoms with Gasteiger partial charge in [0.15, 0.2) is 0 Å². The van der Waals surface area contributed by atoms with Gasteiger partial charge in [-0.25, -0.2) is 4.31 Å². The van der Waals surface area contributed by atoms with E-state index in [0.29, 0.717) is 5.54 Å². The maximum absolute atomic E-state index is 3.64. The van der Waals surface area contributed by atoms with E-state index in [1.807, 2.05) is 11.9 Å². The monoisotopic (exact) mass is 172 g/mol. The standard InChI is InChI=1S/C8H16N2S/c1-11-10-6-8(7-10)4-2-3-5-9-8/h9H,2-7H2,1H3. The Kier molecular flexibility index (Phi) is 2.12. The Morgan fingerprint density at radius 3 is 2.73 bits per heavy atom. The van der Waals surface area contributed by atoms with Crippen LogP contribution in [0.3, 0.4) is 0 Å². The molecule has 1 spiro atoms. The zero-order valence-corrected chi connectivity index (χ0v) is 7.91. The van der Waals surface area contributed by atoms with Crippen LogP contribution in [0.5, 0.6) is 0 Å². The van der Waals surface area contributed by atoms with Crippen molar-refractivity contribution in [3.05, 3.63) is 0 Å². The van der Waals surface area contributed by atoms with Gasteiger partial charge in [0.05, 0.1) is 0 Å². The van der Waals surface area contributed by atoms with Crippen molar-refractivity contribution in [2.75, 3.05) is 25.9 Å². The number of hydrogen-bond donors (Lipinski definition) is 1. The lowest BCUT2D eigenvalue weighted by Gasteiger charge is -2.51. The van der Waals surface area contributed by atoms with E-state index in [-0.39, 0.29) is 0 Å². The van der Waals surface area contributed by atoms with Gasteiger partial charge in [0.1, 0.15) is 0 Å². The molecule has 0 aliphatic carbocycles. The Morgan fingerprint density at radius 1 is 1.36 bits per heavy atom. The second-order valence-corrected chi connectivity index (χ2v) is 4.53. The SMILES string of the molecule is CSN1CC2(CCCCN2)C1. The maximum atomic E-state index is 3.64. The molecule has 1 N–H and O–H groups in total. The predicted octanol–water partition coefficient (Wildman–Crippen LogP) is 1.09. The molecule has 3 heteroatoms. The van der Waals surface area contributed by atoms with E-state index in [2.05, 4.69) is 15.9 Å². The lowest BCUT2D eigenvalue weighted by molar-refractivity contribution is 0.0968. The summed E-state index contributed by atoms with van der Waals surface area (Å²) in [6, 6.07) is 0. The van der Waals surface area contributed by atoms with Gasteiger partial charge in [-0.15, -0.1) is 0 Å². The third-order valence-corrected chi connectivity index (χ3v) is 3.57. The first-order valence-electron chi connectivity index (χ1n) is 4.39. The lowest BCUT2D eigenvalue weighted by atomic mass is 9.84. The minimum Gasteiger partial charge on any atom is -0.309 e. The minimum atomic E-state index is 0.529. The molecule has 0 amide bonds. The third-order valence-electron chi connectivity index (χ3n) is 2.80. The van der Waals surface area contributed by atoms with Crippen LogP contribution in [-0.2, 0) is 0 Å². The van der Waals surface area contributed by atoms with Gasteiger partial charge in [0, 0.05) is 18.6 Å². The fourth-order valence-electron chi connectivity index (χ4n) is 2.06. The molecule has 2 rings (SSSR count). The van der Waals surface area contributed by atoms with Crippen molar-refractivity contribution in [3.8, 4) is 0 Å². The third kappa shape index (κ3) is 1.42. The normalized spacial score (nSPS) is 30.3. The fourth-order valence-corrected chi connectivity index (χ4v) is 2.81. The van der Waals surface area contributed by atoms with Gasteiger partial charge in [0.2, 0.25) is 0 Å². The largest absolute Gasteiger partial charge is 0.309 e. The molecule has 2 aliphatic heterocycles. The molecule has 2 fully saturated rings. The summed E-state index contributed by atoms with van der Waals surface area (Å²) in [5.74, 6) is 0. The molecule has 0 unspecified atom stereocenters. The zero-order chi connectivity index (χ0) is 7.73. The van der Waals surface area contributed by atoms with E-state index < -0.39 is 0 Å². The first-order valence-corrected chi connectivity index (χ1v) is 5.57. The second-order valence-electron chi connectivity index (χ2n) is 3.64.